The molecule has 5 rings (SSSR count). The Labute approximate surface area is 203 Å². The first-order valence-corrected chi connectivity index (χ1v) is 11.5. The normalized spacial score (nSPS) is 18.9. The highest BCUT2D eigenvalue weighted by Crippen LogP contribution is 2.29. The van der Waals surface area contributed by atoms with Gasteiger partial charge in [0.1, 0.15) is 6.21 Å². The number of likely N-dealkylation sites (tertiary alicyclic amines) is 1. The van der Waals surface area contributed by atoms with Gasteiger partial charge in [-0.05, 0) is 23.5 Å². The van der Waals surface area contributed by atoms with Crippen molar-refractivity contribution in [2.75, 3.05) is 42.6 Å². The molecule has 1 amide bonds. The second-order valence-corrected chi connectivity index (χ2v) is 9.90. The number of aryl methyl sites for hydroxylation is 2. The van der Waals surface area contributed by atoms with Crippen LogP contribution in [0.2, 0.25) is 0 Å². The molecule has 5 heterocycles. The minimum atomic E-state index is -0.0671. The topological polar surface area (TPSA) is 128 Å². The number of hydrogen-bond donors (Lipinski definition) is 3. The quantitative estimate of drug-likeness (QED) is 0.439. The average Bonchev–Trinajstić information content (AvgIpc) is 3.31. The lowest BCUT2D eigenvalue weighted by Crippen LogP contribution is -2.54. The van der Waals surface area contributed by atoms with E-state index in [0.29, 0.717) is 29.6 Å². The van der Waals surface area contributed by atoms with E-state index in [-0.39, 0.29) is 17.4 Å². The van der Waals surface area contributed by atoms with Gasteiger partial charge in [-0.2, -0.15) is 10.1 Å². The number of carbonyl (C=O) groups excluding carboxylic acids is 1. The van der Waals surface area contributed by atoms with E-state index in [0.717, 1.165) is 29.9 Å². The van der Waals surface area contributed by atoms with Crippen LogP contribution in [0.4, 0.5) is 23.1 Å². The molecular formula is C23H30N11O+. The van der Waals surface area contributed by atoms with Crippen LogP contribution in [0.1, 0.15) is 19.5 Å². The van der Waals surface area contributed by atoms with Gasteiger partial charge >= 0.3 is 0 Å². The van der Waals surface area contributed by atoms with Gasteiger partial charge in [-0.1, -0.05) is 18.5 Å². The van der Waals surface area contributed by atoms with E-state index in [1.54, 1.807) is 28.0 Å². The molecule has 1 atom stereocenters. The number of fused-ring (bicyclic) bond motifs is 1. The van der Waals surface area contributed by atoms with Gasteiger partial charge in [-0.3, -0.25) is 14.7 Å². The fourth-order valence-corrected chi connectivity index (χ4v) is 4.44. The molecule has 12 nitrogen and oxygen atoms in total. The number of carbonyl (C=O) groups is 1. The van der Waals surface area contributed by atoms with Crippen molar-refractivity contribution < 1.29 is 9.48 Å². The van der Waals surface area contributed by atoms with Crippen LogP contribution in [-0.4, -0.2) is 85.4 Å². The van der Waals surface area contributed by atoms with E-state index < -0.39 is 0 Å². The number of hydrogen-bond acceptors (Lipinski definition) is 9. The van der Waals surface area contributed by atoms with E-state index in [1.807, 2.05) is 33.3 Å². The van der Waals surface area contributed by atoms with Crippen molar-refractivity contribution in [3.8, 4) is 0 Å². The smallest absolute Gasteiger partial charge is 0.238 e. The minimum absolute atomic E-state index is 0.0513. The Morgan fingerprint density at radius 3 is 2.77 bits per heavy atom. The van der Waals surface area contributed by atoms with Crippen molar-refractivity contribution in [3.05, 3.63) is 24.2 Å². The van der Waals surface area contributed by atoms with Crippen molar-refractivity contribution in [2.24, 2.45) is 17.6 Å². The molecule has 1 fully saturated rings. The zero-order valence-corrected chi connectivity index (χ0v) is 20.6. The first-order chi connectivity index (χ1) is 16.6. The molecule has 3 aromatic heterocycles. The molecule has 0 radical (unpaired) electrons. The molecule has 0 saturated carbocycles. The summed E-state index contributed by atoms with van der Waals surface area (Å²) in [6, 6.07) is 1.80. The highest BCUT2D eigenvalue weighted by Gasteiger charge is 2.34. The van der Waals surface area contributed by atoms with Crippen LogP contribution in [0.15, 0.2) is 23.6 Å². The standard InChI is InChI=1S/C23H29N11O/c1-14-18(6-15(7-24-14)27-19(35)11-34-12-23(2,3)13-34)29-20-17-9-25-22(30-21(17)33(5)31-20)28-16-8-26-32(4)10-16/h6-10,16H,11-13H2,1-5H3,(H2-,25,27,28,29,30,31,35)/p+1. The fraction of sp³-hybridized carbons (Fsp3) is 0.435. The molecule has 0 spiro atoms. The highest BCUT2D eigenvalue weighted by molar-refractivity contribution is 5.94. The number of amides is 1. The molecule has 35 heavy (non-hydrogen) atoms. The Bertz CT molecular complexity index is 1350. The lowest BCUT2D eigenvalue weighted by Gasteiger charge is -2.45. The van der Waals surface area contributed by atoms with E-state index in [4.69, 9.17) is 0 Å². The molecule has 12 heteroatoms. The average molecular weight is 477 g/mol. The first kappa shape index (κ1) is 22.8. The van der Waals surface area contributed by atoms with E-state index in [2.05, 4.69) is 59.8 Å². The van der Waals surface area contributed by atoms with Crippen molar-refractivity contribution in [2.45, 2.75) is 26.8 Å². The van der Waals surface area contributed by atoms with Crippen molar-refractivity contribution >= 4 is 52.5 Å². The summed E-state index contributed by atoms with van der Waals surface area (Å²) in [5.74, 6) is 1.05. The number of aromatic nitrogens is 5. The maximum Gasteiger partial charge on any atom is 0.238 e. The molecule has 0 aliphatic carbocycles. The SMILES string of the molecule is Cc1ncc(NC(=O)CN2CC(C)(C)C2)cc1Nc1nn(C)c2nc(NC3C=N[N+](C)=C3)ncc12. The van der Waals surface area contributed by atoms with Gasteiger partial charge in [-0.25, -0.2) is 9.67 Å². The van der Waals surface area contributed by atoms with Crippen molar-refractivity contribution in [1.29, 1.82) is 0 Å². The Morgan fingerprint density at radius 1 is 1.26 bits per heavy atom. The summed E-state index contributed by atoms with van der Waals surface area (Å²) in [5.41, 5.74) is 3.13. The predicted molar refractivity (Wildman–Crippen MR) is 136 cm³/mol. The molecule has 2 aliphatic rings. The molecule has 2 aliphatic heterocycles. The van der Waals surface area contributed by atoms with Crippen LogP contribution in [0, 0.1) is 12.3 Å². The van der Waals surface area contributed by atoms with Crippen LogP contribution in [0.5, 0.6) is 0 Å². The molecule has 0 bridgehead atoms. The summed E-state index contributed by atoms with van der Waals surface area (Å²) in [6.45, 7) is 8.53. The number of nitrogens with zero attached hydrogens (tertiary/aromatic N) is 8. The lowest BCUT2D eigenvalue weighted by atomic mass is 9.84. The van der Waals surface area contributed by atoms with E-state index in [9.17, 15) is 4.79 Å². The van der Waals surface area contributed by atoms with Gasteiger partial charge in [0.15, 0.2) is 24.6 Å². The predicted octanol–water partition coefficient (Wildman–Crippen LogP) is 1.58. The Balaban J connectivity index is 1.30. The molecule has 1 saturated heterocycles. The molecule has 182 valence electrons. The zero-order valence-electron chi connectivity index (χ0n) is 20.6. The molecule has 1 unspecified atom stereocenters. The van der Waals surface area contributed by atoms with Gasteiger partial charge in [0.25, 0.3) is 0 Å². The number of pyridine rings is 1. The van der Waals surface area contributed by atoms with Gasteiger partial charge < -0.3 is 16.0 Å². The lowest BCUT2D eigenvalue weighted by molar-refractivity contribution is -0.494. The third-order valence-corrected chi connectivity index (χ3v) is 5.96. The molecule has 3 N–H and O–H groups in total. The summed E-state index contributed by atoms with van der Waals surface area (Å²) >= 11 is 0. The van der Waals surface area contributed by atoms with Crippen LogP contribution >= 0.6 is 0 Å². The highest BCUT2D eigenvalue weighted by atomic mass is 16.2. The number of hydrazone groups is 1. The number of anilines is 4. The van der Waals surface area contributed by atoms with Gasteiger partial charge in [0, 0.05) is 26.3 Å². The van der Waals surface area contributed by atoms with Crippen molar-refractivity contribution in [1.82, 2.24) is 29.6 Å². The van der Waals surface area contributed by atoms with Gasteiger partial charge in [0.2, 0.25) is 18.1 Å². The number of rotatable bonds is 7. The first-order valence-electron chi connectivity index (χ1n) is 11.5. The van der Waals surface area contributed by atoms with Crippen LogP contribution < -0.4 is 16.0 Å². The second kappa shape index (κ2) is 8.69. The molecule has 3 aromatic rings. The van der Waals surface area contributed by atoms with Gasteiger partial charge in [-0.15, -0.1) is 0 Å². The Kier molecular flexibility index (Phi) is 5.67. The number of nitrogens with one attached hydrogen (secondary N) is 3. The summed E-state index contributed by atoms with van der Waals surface area (Å²) in [7, 11) is 3.70. The largest absolute Gasteiger partial charge is 0.337 e. The zero-order chi connectivity index (χ0) is 24.7. The van der Waals surface area contributed by atoms with Gasteiger partial charge in [0.05, 0.1) is 35.2 Å². The summed E-state index contributed by atoms with van der Waals surface area (Å²) in [4.78, 5) is 28.1. The maximum absolute atomic E-state index is 12.5. The second-order valence-electron chi connectivity index (χ2n) is 9.90. The Morgan fingerprint density at radius 2 is 2.06 bits per heavy atom. The third kappa shape index (κ3) is 4.97. The third-order valence-electron chi connectivity index (χ3n) is 5.96. The summed E-state index contributed by atoms with van der Waals surface area (Å²) in [6.07, 6.45) is 7.11. The fourth-order valence-electron chi connectivity index (χ4n) is 4.44. The maximum atomic E-state index is 12.5. The monoisotopic (exact) mass is 476 g/mol. The molecule has 0 aromatic carbocycles. The summed E-state index contributed by atoms with van der Waals surface area (Å²) < 4.78 is 3.44. The Hall–Kier alpha value is -3.93. The minimum Gasteiger partial charge on any atom is -0.337 e. The van der Waals surface area contributed by atoms with E-state index >= 15 is 0 Å². The van der Waals surface area contributed by atoms with Crippen LogP contribution in [-0.2, 0) is 11.8 Å². The van der Waals surface area contributed by atoms with Crippen LogP contribution in [0.25, 0.3) is 11.0 Å². The van der Waals surface area contributed by atoms with Crippen LogP contribution in [0.3, 0.4) is 0 Å². The van der Waals surface area contributed by atoms with Crippen molar-refractivity contribution in [3.63, 3.8) is 0 Å². The molecular weight excluding hydrogens is 446 g/mol. The van der Waals surface area contributed by atoms with E-state index in [1.165, 1.54) is 0 Å². The summed E-state index contributed by atoms with van der Waals surface area (Å²) in [5, 5.41) is 19.0.